The van der Waals surface area contributed by atoms with Crippen molar-refractivity contribution in [3.63, 3.8) is 0 Å². The van der Waals surface area contributed by atoms with E-state index in [1.807, 2.05) is 18.5 Å². The minimum Gasteiger partial charge on any atom is -0.299 e. The molecule has 0 spiro atoms. The Kier molecular flexibility index (Phi) is 5.32. The summed E-state index contributed by atoms with van der Waals surface area (Å²) in [7, 11) is 0. The van der Waals surface area contributed by atoms with Crippen molar-refractivity contribution >= 4 is 11.6 Å². The second kappa shape index (κ2) is 8.02. The third-order valence-electron chi connectivity index (χ3n) is 5.23. The van der Waals surface area contributed by atoms with Crippen LogP contribution in [-0.4, -0.2) is 33.2 Å². The van der Waals surface area contributed by atoms with Crippen LogP contribution in [0, 0.1) is 0 Å². The highest BCUT2D eigenvalue weighted by atomic mass is 35.5. The van der Waals surface area contributed by atoms with Gasteiger partial charge in [-0.1, -0.05) is 41.9 Å². The maximum atomic E-state index is 6.25. The van der Waals surface area contributed by atoms with Crippen LogP contribution in [-0.2, 0) is 13.0 Å². The van der Waals surface area contributed by atoms with Gasteiger partial charge in [0.05, 0.1) is 11.2 Å². The molecule has 0 radical (unpaired) electrons. The van der Waals surface area contributed by atoms with Crippen molar-refractivity contribution in [3.05, 3.63) is 82.4 Å². The van der Waals surface area contributed by atoms with E-state index in [1.54, 1.807) is 6.20 Å². The molecule has 1 saturated heterocycles. The summed E-state index contributed by atoms with van der Waals surface area (Å²) in [5.41, 5.74) is 5.13. The molecule has 1 fully saturated rings. The van der Waals surface area contributed by atoms with Crippen molar-refractivity contribution < 1.29 is 0 Å². The van der Waals surface area contributed by atoms with Gasteiger partial charge in [-0.2, -0.15) is 5.10 Å². The number of likely N-dealkylation sites (tertiary alicyclic amines) is 1. The van der Waals surface area contributed by atoms with E-state index >= 15 is 0 Å². The second-order valence-corrected chi connectivity index (χ2v) is 7.40. The van der Waals surface area contributed by atoms with E-state index in [2.05, 4.69) is 50.4 Å². The van der Waals surface area contributed by atoms with E-state index in [1.165, 1.54) is 16.8 Å². The molecule has 2 aromatic heterocycles. The van der Waals surface area contributed by atoms with Crippen LogP contribution in [0.25, 0.3) is 0 Å². The molecule has 3 aromatic rings. The highest BCUT2D eigenvalue weighted by molar-refractivity contribution is 6.31. The number of pyridine rings is 1. The predicted molar refractivity (Wildman–Crippen MR) is 104 cm³/mol. The lowest BCUT2D eigenvalue weighted by atomic mass is 9.89. The molecule has 4 rings (SSSR count). The number of nitrogens with one attached hydrogen (secondary N) is 1. The van der Waals surface area contributed by atoms with E-state index in [0.29, 0.717) is 5.92 Å². The standard InChI is InChI=1S/C21H23ClN4/c22-20-14-23-9-6-18(20)15-26-10-7-17(8-11-26)21-19(13-24-25-21)12-16-4-2-1-3-5-16/h1-6,9,13-14,17H,7-8,10-12,15H2,(H,24,25). The molecule has 0 unspecified atom stereocenters. The first-order chi connectivity index (χ1) is 12.8. The minimum absolute atomic E-state index is 0.556. The number of aromatic nitrogens is 3. The number of piperidine rings is 1. The lowest BCUT2D eigenvalue weighted by Gasteiger charge is -2.32. The molecule has 26 heavy (non-hydrogen) atoms. The number of aromatic amines is 1. The molecule has 1 aliphatic heterocycles. The van der Waals surface area contributed by atoms with E-state index in [-0.39, 0.29) is 0 Å². The average molecular weight is 367 g/mol. The Bertz CT molecular complexity index is 838. The first-order valence-corrected chi connectivity index (χ1v) is 9.54. The Balaban J connectivity index is 1.38. The van der Waals surface area contributed by atoms with E-state index in [9.17, 15) is 0 Å². The van der Waals surface area contributed by atoms with Crippen LogP contribution in [0.2, 0.25) is 5.02 Å². The highest BCUT2D eigenvalue weighted by Gasteiger charge is 2.24. The molecular weight excluding hydrogens is 344 g/mol. The minimum atomic E-state index is 0.556. The lowest BCUT2D eigenvalue weighted by Crippen LogP contribution is -2.32. The zero-order chi connectivity index (χ0) is 17.8. The molecule has 1 aliphatic rings. The summed E-state index contributed by atoms with van der Waals surface area (Å²) in [6.45, 7) is 3.05. The number of H-pyrrole nitrogens is 1. The predicted octanol–water partition coefficient (Wildman–Crippen LogP) is 4.43. The monoisotopic (exact) mass is 366 g/mol. The number of rotatable bonds is 5. The van der Waals surface area contributed by atoms with E-state index in [4.69, 9.17) is 11.6 Å². The molecule has 0 aliphatic carbocycles. The number of hydrogen-bond donors (Lipinski definition) is 1. The van der Waals surface area contributed by atoms with Crippen molar-refractivity contribution in [2.45, 2.75) is 31.7 Å². The molecule has 0 saturated carbocycles. The number of nitrogens with zero attached hydrogens (tertiary/aromatic N) is 3. The van der Waals surface area contributed by atoms with Crippen LogP contribution in [0.3, 0.4) is 0 Å². The Hall–Kier alpha value is -2.17. The normalized spacial score (nSPS) is 16.0. The van der Waals surface area contributed by atoms with Gasteiger partial charge in [-0.3, -0.25) is 15.0 Å². The molecule has 0 amide bonds. The summed E-state index contributed by atoms with van der Waals surface area (Å²) in [5, 5.41) is 8.36. The van der Waals surface area contributed by atoms with Gasteiger partial charge in [0.15, 0.2) is 0 Å². The summed E-state index contributed by atoms with van der Waals surface area (Å²) in [6, 6.07) is 12.6. The molecule has 4 nitrogen and oxygen atoms in total. The quantitative estimate of drug-likeness (QED) is 0.726. The van der Waals surface area contributed by atoms with Gasteiger partial charge in [0.1, 0.15) is 0 Å². The third kappa shape index (κ3) is 3.97. The van der Waals surface area contributed by atoms with Gasteiger partial charge in [0, 0.05) is 37.0 Å². The maximum Gasteiger partial charge on any atom is 0.0634 e. The topological polar surface area (TPSA) is 44.8 Å². The van der Waals surface area contributed by atoms with Crippen LogP contribution < -0.4 is 0 Å². The maximum absolute atomic E-state index is 6.25. The van der Waals surface area contributed by atoms with Gasteiger partial charge in [0.2, 0.25) is 0 Å². The Morgan fingerprint density at radius 2 is 1.85 bits per heavy atom. The molecule has 0 atom stereocenters. The Morgan fingerprint density at radius 3 is 2.62 bits per heavy atom. The fraction of sp³-hybridized carbons (Fsp3) is 0.333. The average Bonchev–Trinajstić information content (AvgIpc) is 3.13. The molecule has 134 valence electrons. The first kappa shape index (κ1) is 17.3. The van der Waals surface area contributed by atoms with Crippen LogP contribution in [0.15, 0.2) is 55.0 Å². The molecule has 5 heteroatoms. The molecule has 3 heterocycles. The Morgan fingerprint density at radius 1 is 1.04 bits per heavy atom. The van der Waals surface area contributed by atoms with Gasteiger partial charge < -0.3 is 0 Å². The molecule has 1 aromatic carbocycles. The number of benzene rings is 1. The van der Waals surface area contributed by atoms with Gasteiger partial charge in [0.25, 0.3) is 0 Å². The summed E-state index contributed by atoms with van der Waals surface area (Å²) < 4.78 is 0. The number of halogens is 1. The van der Waals surface area contributed by atoms with Crippen molar-refractivity contribution in [2.24, 2.45) is 0 Å². The van der Waals surface area contributed by atoms with Gasteiger partial charge in [-0.15, -0.1) is 0 Å². The number of hydrogen-bond acceptors (Lipinski definition) is 3. The molecule has 0 bridgehead atoms. The molecular formula is C21H23ClN4. The zero-order valence-corrected chi connectivity index (χ0v) is 15.5. The second-order valence-electron chi connectivity index (χ2n) is 6.99. The summed E-state index contributed by atoms with van der Waals surface area (Å²) in [4.78, 5) is 6.54. The van der Waals surface area contributed by atoms with E-state index in [0.717, 1.165) is 49.5 Å². The van der Waals surface area contributed by atoms with E-state index < -0.39 is 0 Å². The van der Waals surface area contributed by atoms with Crippen molar-refractivity contribution in [2.75, 3.05) is 13.1 Å². The third-order valence-corrected chi connectivity index (χ3v) is 5.58. The fourth-order valence-electron chi connectivity index (χ4n) is 3.78. The summed E-state index contributed by atoms with van der Waals surface area (Å²) in [6.07, 6.45) is 8.77. The fourth-order valence-corrected chi connectivity index (χ4v) is 3.96. The zero-order valence-electron chi connectivity index (χ0n) is 14.7. The van der Waals surface area contributed by atoms with Gasteiger partial charge in [-0.25, -0.2) is 0 Å². The first-order valence-electron chi connectivity index (χ1n) is 9.16. The van der Waals surface area contributed by atoms with Crippen LogP contribution >= 0.6 is 11.6 Å². The van der Waals surface area contributed by atoms with Crippen molar-refractivity contribution in [1.29, 1.82) is 0 Å². The Labute approximate surface area is 159 Å². The van der Waals surface area contributed by atoms with Crippen molar-refractivity contribution in [3.8, 4) is 0 Å². The summed E-state index contributed by atoms with van der Waals surface area (Å²) in [5.74, 6) is 0.556. The van der Waals surface area contributed by atoms with Crippen LogP contribution in [0.4, 0.5) is 0 Å². The highest BCUT2D eigenvalue weighted by Crippen LogP contribution is 2.31. The van der Waals surface area contributed by atoms with Gasteiger partial charge in [-0.05, 0) is 48.7 Å². The summed E-state index contributed by atoms with van der Waals surface area (Å²) >= 11 is 6.25. The van der Waals surface area contributed by atoms with Crippen molar-refractivity contribution in [1.82, 2.24) is 20.1 Å². The smallest absolute Gasteiger partial charge is 0.0634 e. The lowest BCUT2D eigenvalue weighted by molar-refractivity contribution is 0.203. The van der Waals surface area contributed by atoms with Crippen LogP contribution in [0.5, 0.6) is 0 Å². The molecule has 1 N–H and O–H groups in total. The SMILES string of the molecule is Clc1cnccc1CN1CCC(c2[nH]ncc2Cc2ccccc2)CC1. The van der Waals surface area contributed by atoms with Gasteiger partial charge >= 0.3 is 0 Å². The largest absolute Gasteiger partial charge is 0.299 e. The van der Waals surface area contributed by atoms with Crippen LogP contribution in [0.1, 0.15) is 41.1 Å².